The van der Waals surface area contributed by atoms with Gasteiger partial charge in [-0.15, -0.1) is 0 Å². The molecule has 1 heterocycles. The summed E-state index contributed by atoms with van der Waals surface area (Å²) in [5.74, 6) is -1.68. The van der Waals surface area contributed by atoms with Gasteiger partial charge < -0.3 is 9.84 Å². The first-order valence-electron chi connectivity index (χ1n) is 6.28. The number of cyclic esters (lactones) is 1. The Morgan fingerprint density at radius 3 is 2.52 bits per heavy atom. The lowest BCUT2D eigenvalue weighted by Crippen LogP contribution is -2.31. The zero-order valence-corrected chi connectivity index (χ0v) is 11.2. The molecular weight excluding hydrogens is 278 g/mol. The van der Waals surface area contributed by atoms with Gasteiger partial charge in [-0.05, 0) is 12.5 Å². The number of esters is 1. The van der Waals surface area contributed by atoms with Crippen LogP contribution >= 0.6 is 0 Å². The molecule has 1 unspecified atom stereocenters. The van der Waals surface area contributed by atoms with Gasteiger partial charge in [0.05, 0.1) is 4.92 Å². The summed E-state index contributed by atoms with van der Waals surface area (Å²) in [5.41, 5.74) is 0.129. The minimum Gasteiger partial charge on any atom is -0.511 e. The van der Waals surface area contributed by atoms with Gasteiger partial charge in [0.15, 0.2) is 5.78 Å². The SMILES string of the molecule is CC1CC(=O)C(=C(O)Cc2ccc([N+](=O)[O-])cc2)C(=O)O1. The smallest absolute Gasteiger partial charge is 0.345 e. The predicted molar refractivity (Wildman–Crippen MR) is 71.6 cm³/mol. The third-order valence-corrected chi connectivity index (χ3v) is 3.07. The van der Waals surface area contributed by atoms with E-state index in [1.165, 1.54) is 24.3 Å². The van der Waals surface area contributed by atoms with Crippen LogP contribution in [0.15, 0.2) is 35.6 Å². The standard InChI is InChI=1S/C14H13NO6/c1-8-6-11(16)13(14(18)21-8)12(17)7-9-2-4-10(5-3-9)15(19)20/h2-5,8,17H,6-7H2,1H3. The number of nitrogens with zero attached hydrogens (tertiary/aromatic N) is 1. The van der Waals surface area contributed by atoms with Crippen molar-refractivity contribution in [2.24, 2.45) is 0 Å². The number of carbonyl (C=O) groups excluding carboxylic acids is 2. The first-order valence-corrected chi connectivity index (χ1v) is 6.28. The molecule has 1 N–H and O–H groups in total. The van der Waals surface area contributed by atoms with E-state index in [0.717, 1.165) is 0 Å². The highest BCUT2D eigenvalue weighted by atomic mass is 16.6. The summed E-state index contributed by atoms with van der Waals surface area (Å²) in [6, 6.07) is 5.49. The van der Waals surface area contributed by atoms with Crippen LogP contribution in [0.2, 0.25) is 0 Å². The molecule has 0 saturated carbocycles. The van der Waals surface area contributed by atoms with Gasteiger partial charge in [0.1, 0.15) is 17.4 Å². The number of carbonyl (C=O) groups is 2. The minimum atomic E-state index is -0.835. The third-order valence-electron chi connectivity index (χ3n) is 3.07. The molecule has 1 aromatic rings. The van der Waals surface area contributed by atoms with Crippen LogP contribution in [0.25, 0.3) is 0 Å². The number of non-ortho nitro benzene ring substituents is 1. The second-order valence-corrected chi connectivity index (χ2v) is 4.77. The molecule has 1 fully saturated rings. The summed E-state index contributed by atoms with van der Waals surface area (Å²) >= 11 is 0. The fraction of sp³-hybridized carbons (Fsp3) is 0.286. The Labute approximate surface area is 120 Å². The zero-order valence-electron chi connectivity index (χ0n) is 11.2. The van der Waals surface area contributed by atoms with Crippen LogP contribution in [0.5, 0.6) is 0 Å². The van der Waals surface area contributed by atoms with Crippen LogP contribution in [0.1, 0.15) is 18.9 Å². The molecule has 1 aromatic carbocycles. The van der Waals surface area contributed by atoms with Crippen LogP contribution in [0.3, 0.4) is 0 Å². The molecule has 1 atom stereocenters. The monoisotopic (exact) mass is 291 g/mol. The quantitative estimate of drug-likeness (QED) is 0.227. The van der Waals surface area contributed by atoms with Gasteiger partial charge >= 0.3 is 5.97 Å². The normalized spacial score (nSPS) is 20.9. The summed E-state index contributed by atoms with van der Waals surface area (Å²) in [5, 5.41) is 20.5. The molecule has 0 bridgehead atoms. The summed E-state index contributed by atoms with van der Waals surface area (Å²) < 4.78 is 4.91. The first kappa shape index (κ1) is 14.7. The van der Waals surface area contributed by atoms with Crippen molar-refractivity contribution in [3.05, 3.63) is 51.3 Å². The number of ketones is 1. The van der Waals surface area contributed by atoms with Crippen LogP contribution in [0, 0.1) is 10.1 Å². The van der Waals surface area contributed by atoms with Crippen molar-refractivity contribution in [1.29, 1.82) is 0 Å². The van der Waals surface area contributed by atoms with Gasteiger partial charge in [0, 0.05) is 25.0 Å². The number of allylic oxidation sites excluding steroid dienone is 1. The van der Waals surface area contributed by atoms with Crippen LogP contribution < -0.4 is 0 Å². The summed E-state index contributed by atoms with van der Waals surface area (Å²) in [4.78, 5) is 33.4. The number of Topliss-reactive ketones (excluding diaryl/α,β-unsaturated/α-hetero) is 1. The Kier molecular flexibility index (Phi) is 4.02. The Hall–Kier alpha value is -2.70. The lowest BCUT2D eigenvalue weighted by atomic mass is 9.98. The number of ether oxygens (including phenoxy) is 1. The van der Waals surface area contributed by atoms with Crippen molar-refractivity contribution in [2.75, 3.05) is 0 Å². The Morgan fingerprint density at radius 1 is 1.38 bits per heavy atom. The highest BCUT2D eigenvalue weighted by Gasteiger charge is 2.32. The molecule has 21 heavy (non-hydrogen) atoms. The van der Waals surface area contributed by atoms with E-state index < -0.39 is 22.8 Å². The molecular formula is C14H13NO6. The maximum atomic E-state index is 11.8. The van der Waals surface area contributed by atoms with Gasteiger partial charge in [-0.2, -0.15) is 0 Å². The van der Waals surface area contributed by atoms with Crippen molar-refractivity contribution in [1.82, 2.24) is 0 Å². The van der Waals surface area contributed by atoms with E-state index in [1.54, 1.807) is 6.92 Å². The Balaban J connectivity index is 2.21. The summed E-state index contributed by atoms with van der Waals surface area (Å²) in [6.45, 7) is 1.60. The molecule has 1 saturated heterocycles. The van der Waals surface area contributed by atoms with Gasteiger partial charge in [0.25, 0.3) is 5.69 Å². The van der Waals surface area contributed by atoms with E-state index in [4.69, 9.17) is 4.74 Å². The molecule has 0 radical (unpaired) electrons. The highest BCUT2D eigenvalue weighted by molar-refractivity contribution is 6.19. The summed E-state index contributed by atoms with van der Waals surface area (Å²) in [6.07, 6.45) is -0.533. The predicted octanol–water partition coefficient (Wildman–Crippen LogP) is 1.85. The lowest BCUT2D eigenvalue weighted by molar-refractivity contribution is -0.384. The maximum Gasteiger partial charge on any atom is 0.345 e. The highest BCUT2D eigenvalue weighted by Crippen LogP contribution is 2.21. The molecule has 110 valence electrons. The van der Waals surface area contributed by atoms with Crippen molar-refractivity contribution >= 4 is 17.4 Å². The molecule has 1 aliphatic rings. The average molecular weight is 291 g/mol. The minimum absolute atomic E-state index is 0.0331. The second-order valence-electron chi connectivity index (χ2n) is 4.77. The van der Waals surface area contributed by atoms with E-state index in [0.29, 0.717) is 5.56 Å². The number of hydrogen-bond acceptors (Lipinski definition) is 6. The zero-order chi connectivity index (χ0) is 15.6. The number of nitro benzene ring substituents is 1. The van der Waals surface area contributed by atoms with Crippen LogP contribution in [0.4, 0.5) is 5.69 Å². The van der Waals surface area contributed by atoms with Crippen LogP contribution in [-0.2, 0) is 20.7 Å². The van der Waals surface area contributed by atoms with E-state index in [9.17, 15) is 24.8 Å². The van der Waals surface area contributed by atoms with Gasteiger partial charge in [-0.1, -0.05) is 12.1 Å². The topological polar surface area (TPSA) is 107 Å². The Bertz CT molecular complexity index is 611. The lowest BCUT2D eigenvalue weighted by Gasteiger charge is -2.20. The average Bonchev–Trinajstić information content (AvgIpc) is 2.37. The number of nitro groups is 1. The number of aliphatic hydroxyl groups is 1. The van der Waals surface area contributed by atoms with Crippen molar-refractivity contribution in [3.63, 3.8) is 0 Å². The number of benzene rings is 1. The van der Waals surface area contributed by atoms with E-state index >= 15 is 0 Å². The van der Waals surface area contributed by atoms with Crippen molar-refractivity contribution in [2.45, 2.75) is 25.9 Å². The molecule has 1 aliphatic heterocycles. The first-order chi connectivity index (χ1) is 9.88. The fourth-order valence-electron chi connectivity index (χ4n) is 2.06. The third kappa shape index (κ3) is 3.25. The number of aliphatic hydroxyl groups excluding tert-OH is 1. The second kappa shape index (κ2) is 5.74. The van der Waals surface area contributed by atoms with Crippen molar-refractivity contribution < 1.29 is 24.4 Å². The molecule has 7 heteroatoms. The Morgan fingerprint density at radius 2 is 2.00 bits per heavy atom. The molecule has 2 rings (SSSR count). The molecule has 0 aromatic heterocycles. The molecule has 0 spiro atoms. The van der Waals surface area contributed by atoms with Gasteiger partial charge in [0.2, 0.25) is 0 Å². The number of rotatable bonds is 3. The van der Waals surface area contributed by atoms with E-state index in [-0.39, 0.29) is 29.9 Å². The maximum absolute atomic E-state index is 11.8. The molecule has 0 aliphatic carbocycles. The largest absolute Gasteiger partial charge is 0.511 e. The van der Waals surface area contributed by atoms with Crippen molar-refractivity contribution in [3.8, 4) is 0 Å². The molecule has 7 nitrogen and oxygen atoms in total. The van der Waals surface area contributed by atoms with Crippen LogP contribution in [-0.4, -0.2) is 27.9 Å². The van der Waals surface area contributed by atoms with E-state index in [2.05, 4.69) is 0 Å². The van der Waals surface area contributed by atoms with Gasteiger partial charge in [-0.3, -0.25) is 14.9 Å². The fourth-order valence-corrected chi connectivity index (χ4v) is 2.06. The van der Waals surface area contributed by atoms with E-state index in [1.807, 2.05) is 0 Å². The molecule has 0 amide bonds. The van der Waals surface area contributed by atoms with Gasteiger partial charge in [-0.25, -0.2) is 4.79 Å². The number of hydrogen-bond donors (Lipinski definition) is 1. The summed E-state index contributed by atoms with van der Waals surface area (Å²) in [7, 11) is 0.